The molecule has 2 rings (SSSR count). The highest BCUT2D eigenvalue weighted by Crippen LogP contribution is 2.20. The number of rotatable bonds is 2. The summed E-state index contributed by atoms with van der Waals surface area (Å²) in [6.45, 7) is 0. The van der Waals surface area contributed by atoms with Crippen LogP contribution in [-0.2, 0) is 0 Å². The zero-order chi connectivity index (χ0) is 9.97. The first-order valence-electron chi connectivity index (χ1n) is 3.91. The predicted molar refractivity (Wildman–Crippen MR) is 51.8 cm³/mol. The van der Waals surface area contributed by atoms with Crippen molar-refractivity contribution in [1.82, 2.24) is 14.8 Å². The summed E-state index contributed by atoms with van der Waals surface area (Å²) in [5.41, 5.74) is 1.05. The van der Waals surface area contributed by atoms with E-state index in [2.05, 4.69) is 10.1 Å². The summed E-state index contributed by atoms with van der Waals surface area (Å²) in [6, 6.07) is 5.17. The van der Waals surface area contributed by atoms with Gasteiger partial charge in [0.05, 0.1) is 16.3 Å². The normalized spacial score (nSPS) is 10.1. The van der Waals surface area contributed by atoms with Gasteiger partial charge in [-0.15, -0.1) is 0 Å². The first kappa shape index (κ1) is 8.90. The van der Waals surface area contributed by atoms with Crippen molar-refractivity contribution in [3.8, 4) is 5.69 Å². The van der Waals surface area contributed by atoms with E-state index in [1.165, 1.54) is 17.3 Å². The highest BCUT2D eigenvalue weighted by Gasteiger charge is 2.07. The number of carbonyl (C=O) groups excluding carboxylic acids is 1. The second-order valence-corrected chi connectivity index (χ2v) is 3.04. The molecule has 14 heavy (non-hydrogen) atoms. The lowest BCUT2D eigenvalue weighted by Gasteiger charge is -2.04. The Morgan fingerprint density at radius 2 is 2.29 bits per heavy atom. The molecule has 5 heteroatoms. The number of halogens is 1. The zero-order valence-electron chi connectivity index (χ0n) is 7.09. The molecule has 0 atom stereocenters. The van der Waals surface area contributed by atoms with Crippen molar-refractivity contribution in [1.29, 1.82) is 0 Å². The van der Waals surface area contributed by atoms with Gasteiger partial charge in [0.25, 0.3) is 0 Å². The largest absolute Gasteiger partial charge is 0.298 e. The minimum Gasteiger partial charge on any atom is -0.298 e. The third kappa shape index (κ3) is 1.40. The van der Waals surface area contributed by atoms with E-state index in [1.807, 2.05) is 0 Å². The van der Waals surface area contributed by atoms with Crippen LogP contribution in [0, 0.1) is 0 Å². The fourth-order valence-corrected chi connectivity index (χ4v) is 1.39. The molecule has 0 amide bonds. The smallest absolute Gasteiger partial charge is 0.153 e. The fraction of sp³-hybridized carbons (Fsp3) is 0. The van der Waals surface area contributed by atoms with Crippen molar-refractivity contribution < 1.29 is 4.79 Å². The Labute approximate surface area is 85.1 Å². The van der Waals surface area contributed by atoms with Gasteiger partial charge in [-0.1, -0.05) is 17.7 Å². The van der Waals surface area contributed by atoms with Gasteiger partial charge in [-0.3, -0.25) is 4.79 Å². The van der Waals surface area contributed by atoms with Crippen molar-refractivity contribution in [3.63, 3.8) is 0 Å². The Hall–Kier alpha value is -1.68. The fourth-order valence-electron chi connectivity index (χ4n) is 1.17. The quantitative estimate of drug-likeness (QED) is 0.705. The molecule has 1 heterocycles. The molecular formula is C9H6ClN3O. The van der Waals surface area contributed by atoms with Crippen molar-refractivity contribution in [3.05, 3.63) is 41.4 Å². The van der Waals surface area contributed by atoms with Crippen molar-refractivity contribution >= 4 is 17.9 Å². The molecule has 0 aliphatic heterocycles. The zero-order valence-corrected chi connectivity index (χ0v) is 7.85. The molecular weight excluding hydrogens is 202 g/mol. The lowest BCUT2D eigenvalue weighted by atomic mass is 10.2. The third-order valence-corrected chi connectivity index (χ3v) is 2.14. The lowest BCUT2D eigenvalue weighted by molar-refractivity contribution is 0.112. The summed E-state index contributed by atoms with van der Waals surface area (Å²) in [4.78, 5) is 14.6. The van der Waals surface area contributed by atoms with Gasteiger partial charge in [-0.2, -0.15) is 5.10 Å². The maximum absolute atomic E-state index is 10.8. The SMILES string of the molecule is O=Cc1c(Cl)cccc1-n1cncn1. The Morgan fingerprint density at radius 1 is 1.43 bits per heavy atom. The molecule has 0 spiro atoms. The van der Waals surface area contributed by atoms with E-state index >= 15 is 0 Å². The summed E-state index contributed by atoms with van der Waals surface area (Å²) in [5.74, 6) is 0. The molecule has 0 saturated heterocycles. The van der Waals surface area contributed by atoms with Crippen molar-refractivity contribution in [2.24, 2.45) is 0 Å². The van der Waals surface area contributed by atoms with E-state index < -0.39 is 0 Å². The summed E-state index contributed by atoms with van der Waals surface area (Å²) in [7, 11) is 0. The Morgan fingerprint density at radius 3 is 2.93 bits per heavy atom. The van der Waals surface area contributed by atoms with E-state index in [4.69, 9.17) is 11.6 Å². The van der Waals surface area contributed by atoms with Crippen molar-refractivity contribution in [2.75, 3.05) is 0 Å². The second-order valence-electron chi connectivity index (χ2n) is 2.63. The van der Waals surface area contributed by atoms with Crippen LogP contribution in [0.25, 0.3) is 5.69 Å². The molecule has 0 saturated carbocycles. The van der Waals surface area contributed by atoms with Crippen LogP contribution in [-0.4, -0.2) is 21.1 Å². The molecule has 0 aliphatic carbocycles. The van der Waals surface area contributed by atoms with Gasteiger partial charge in [-0.25, -0.2) is 9.67 Å². The molecule has 4 nitrogen and oxygen atoms in total. The summed E-state index contributed by atoms with van der Waals surface area (Å²) in [5, 5.41) is 4.33. The number of aromatic nitrogens is 3. The first-order chi connectivity index (χ1) is 6.83. The molecule has 0 fully saturated rings. The number of nitrogens with zero attached hydrogens (tertiary/aromatic N) is 3. The average Bonchev–Trinajstić information content (AvgIpc) is 2.70. The van der Waals surface area contributed by atoms with E-state index in [9.17, 15) is 4.79 Å². The molecule has 1 aromatic carbocycles. The molecule has 2 aromatic rings. The first-order valence-corrected chi connectivity index (χ1v) is 4.29. The maximum atomic E-state index is 10.8. The molecule has 0 N–H and O–H groups in total. The number of aldehydes is 1. The van der Waals surface area contributed by atoms with Crippen LogP contribution in [0.15, 0.2) is 30.9 Å². The van der Waals surface area contributed by atoms with E-state index in [1.54, 1.807) is 18.2 Å². The van der Waals surface area contributed by atoms with Crippen molar-refractivity contribution in [2.45, 2.75) is 0 Å². The van der Waals surface area contributed by atoms with Gasteiger partial charge in [0.15, 0.2) is 6.29 Å². The highest BCUT2D eigenvalue weighted by molar-refractivity contribution is 6.33. The lowest BCUT2D eigenvalue weighted by Crippen LogP contribution is -1.99. The monoisotopic (exact) mass is 207 g/mol. The number of hydrogen-bond acceptors (Lipinski definition) is 3. The van der Waals surface area contributed by atoms with Gasteiger partial charge in [0.2, 0.25) is 0 Å². The van der Waals surface area contributed by atoms with E-state index in [-0.39, 0.29) is 0 Å². The molecule has 0 unspecified atom stereocenters. The maximum Gasteiger partial charge on any atom is 0.153 e. The molecule has 0 radical (unpaired) electrons. The van der Waals surface area contributed by atoms with Gasteiger partial charge in [-0.05, 0) is 12.1 Å². The Kier molecular flexibility index (Phi) is 2.28. The van der Waals surface area contributed by atoms with Crippen LogP contribution in [0.4, 0.5) is 0 Å². The molecule has 0 aliphatic rings. The summed E-state index contributed by atoms with van der Waals surface area (Å²) >= 11 is 5.85. The van der Waals surface area contributed by atoms with Gasteiger partial charge in [0.1, 0.15) is 12.7 Å². The van der Waals surface area contributed by atoms with Gasteiger partial charge in [0, 0.05) is 0 Å². The summed E-state index contributed by atoms with van der Waals surface area (Å²) in [6.07, 6.45) is 3.62. The molecule has 1 aromatic heterocycles. The van der Waals surface area contributed by atoms with Crippen LogP contribution in [0.3, 0.4) is 0 Å². The Balaban J connectivity index is 2.64. The topological polar surface area (TPSA) is 47.8 Å². The third-order valence-electron chi connectivity index (χ3n) is 1.81. The van der Waals surface area contributed by atoms with E-state index in [0.29, 0.717) is 22.6 Å². The average molecular weight is 208 g/mol. The van der Waals surface area contributed by atoms with Gasteiger partial charge < -0.3 is 0 Å². The van der Waals surface area contributed by atoms with Gasteiger partial charge >= 0.3 is 0 Å². The number of benzene rings is 1. The number of hydrogen-bond donors (Lipinski definition) is 0. The summed E-state index contributed by atoms with van der Waals surface area (Å²) < 4.78 is 1.50. The predicted octanol–water partition coefficient (Wildman–Crippen LogP) is 1.73. The van der Waals surface area contributed by atoms with Crippen LogP contribution in [0.5, 0.6) is 0 Å². The second kappa shape index (κ2) is 3.59. The van der Waals surface area contributed by atoms with Crippen LogP contribution >= 0.6 is 11.6 Å². The molecule has 70 valence electrons. The minimum absolute atomic E-state index is 0.410. The Bertz CT molecular complexity index is 453. The minimum atomic E-state index is 0.410. The van der Waals surface area contributed by atoms with Crippen LogP contribution in [0.1, 0.15) is 10.4 Å². The standard InChI is InChI=1S/C9H6ClN3O/c10-8-2-1-3-9(7(8)4-14)13-6-11-5-12-13/h1-6H. The van der Waals surface area contributed by atoms with Crippen LogP contribution in [0.2, 0.25) is 5.02 Å². The van der Waals surface area contributed by atoms with E-state index in [0.717, 1.165) is 0 Å². The molecule has 0 bridgehead atoms. The van der Waals surface area contributed by atoms with Crippen LogP contribution < -0.4 is 0 Å². The number of carbonyl (C=O) groups is 1. The highest BCUT2D eigenvalue weighted by atomic mass is 35.5.